The Kier molecular flexibility index (Phi) is 5.75. The summed E-state index contributed by atoms with van der Waals surface area (Å²) in [7, 11) is 0. The molecule has 0 aliphatic carbocycles. The second kappa shape index (κ2) is 6.91. The molecule has 0 unspecified atom stereocenters. The van der Waals surface area contributed by atoms with E-state index in [2.05, 4.69) is 17.2 Å². The van der Waals surface area contributed by atoms with Gasteiger partial charge in [0.1, 0.15) is 5.60 Å². The van der Waals surface area contributed by atoms with E-state index in [0.29, 0.717) is 0 Å². The molecule has 0 fully saturated rings. The van der Waals surface area contributed by atoms with Crippen molar-refractivity contribution in [2.45, 2.75) is 25.0 Å². The highest BCUT2D eigenvalue weighted by molar-refractivity contribution is 8.00. The van der Waals surface area contributed by atoms with Crippen LogP contribution in [0.25, 0.3) is 0 Å². The number of hydrogen-bond donors (Lipinski definition) is 2. The predicted octanol–water partition coefficient (Wildman–Crippen LogP) is 2.38. The topological polar surface area (TPSA) is 62.5 Å². The summed E-state index contributed by atoms with van der Waals surface area (Å²) in [6.07, 6.45) is 0. The number of carbonyl (C=O) groups is 1. The highest BCUT2D eigenvalue weighted by Gasteiger charge is 2.27. The average molecular weight is 321 g/mol. The third-order valence-corrected chi connectivity index (χ3v) is 2.71. The smallest absolute Gasteiger partial charge is 0.441 e. The molecule has 1 aromatic rings. The van der Waals surface area contributed by atoms with Crippen LogP contribution in [0.5, 0.6) is 0 Å². The van der Waals surface area contributed by atoms with E-state index in [1.165, 1.54) is 26.0 Å². The average Bonchev–Trinajstić information content (AvgIpc) is 2.78. The van der Waals surface area contributed by atoms with Gasteiger partial charge in [-0.2, -0.15) is 13.2 Å². The van der Waals surface area contributed by atoms with E-state index in [-0.39, 0.29) is 35.6 Å². The molecule has 0 saturated heterocycles. The minimum atomic E-state index is -4.31. The lowest BCUT2D eigenvalue weighted by Crippen LogP contribution is -2.26. The molecule has 1 aromatic heterocycles. The Balaban J connectivity index is 2.49. The van der Waals surface area contributed by atoms with Crippen molar-refractivity contribution in [3.05, 3.63) is 23.7 Å². The van der Waals surface area contributed by atoms with E-state index in [4.69, 9.17) is 4.42 Å². The molecule has 21 heavy (non-hydrogen) atoms. The van der Waals surface area contributed by atoms with Gasteiger partial charge in [0, 0.05) is 12.3 Å². The summed E-state index contributed by atoms with van der Waals surface area (Å²) in [5.41, 5.74) is -5.50. The second-order valence-corrected chi connectivity index (χ2v) is 5.68. The quantitative estimate of drug-likeness (QED) is 0.660. The molecule has 0 spiro atoms. The van der Waals surface area contributed by atoms with Crippen LogP contribution < -0.4 is 5.32 Å². The molecule has 116 valence electrons. The molecule has 0 atom stereocenters. The molecule has 0 aromatic carbocycles. The summed E-state index contributed by atoms with van der Waals surface area (Å²) in [6.45, 7) is 2.86. The van der Waals surface area contributed by atoms with Crippen LogP contribution in [-0.2, 0) is 0 Å². The molecule has 0 saturated carbocycles. The van der Waals surface area contributed by atoms with Crippen molar-refractivity contribution < 1.29 is 27.5 Å². The first-order valence-corrected chi connectivity index (χ1v) is 6.90. The fourth-order valence-corrected chi connectivity index (χ4v) is 1.60. The maximum absolute atomic E-state index is 11.9. The zero-order valence-corrected chi connectivity index (χ0v) is 12.2. The van der Waals surface area contributed by atoms with E-state index in [1.54, 1.807) is 0 Å². The summed E-state index contributed by atoms with van der Waals surface area (Å²) < 4.78 is 40.8. The summed E-state index contributed by atoms with van der Waals surface area (Å²) >= 11 is -0.209. The number of rotatable bonds is 4. The molecule has 8 heteroatoms. The zero-order chi connectivity index (χ0) is 16.1. The molecular formula is C13H14F3NO3S. The van der Waals surface area contributed by atoms with E-state index in [1.807, 2.05) is 0 Å². The van der Waals surface area contributed by atoms with Gasteiger partial charge in [0.05, 0.1) is 0 Å². The number of hydrogen-bond acceptors (Lipinski definition) is 4. The lowest BCUT2D eigenvalue weighted by Gasteiger charge is -2.06. The summed E-state index contributed by atoms with van der Waals surface area (Å²) in [5, 5.41) is 11.7. The van der Waals surface area contributed by atoms with Crippen LogP contribution in [0.4, 0.5) is 13.2 Å². The zero-order valence-electron chi connectivity index (χ0n) is 11.4. The standard InChI is InChI=1S/C13H14F3NO3S/c1-12(2,19)6-5-9-3-4-10(20-9)11(18)17-7-8-21-13(14,15)16/h3-4,19H,7-8H2,1-2H3,(H,17,18). The van der Waals surface area contributed by atoms with Gasteiger partial charge in [0.25, 0.3) is 5.91 Å². The van der Waals surface area contributed by atoms with Gasteiger partial charge in [0.15, 0.2) is 11.5 Å². The van der Waals surface area contributed by atoms with Crippen LogP contribution in [0.15, 0.2) is 16.5 Å². The molecule has 4 nitrogen and oxygen atoms in total. The van der Waals surface area contributed by atoms with Crippen molar-refractivity contribution >= 4 is 17.7 Å². The molecule has 1 amide bonds. The minimum Gasteiger partial charge on any atom is -0.443 e. The summed E-state index contributed by atoms with van der Waals surface area (Å²) in [4.78, 5) is 11.6. The molecule has 1 rings (SSSR count). The van der Waals surface area contributed by atoms with E-state index in [0.717, 1.165) is 0 Å². The highest BCUT2D eigenvalue weighted by atomic mass is 32.2. The Morgan fingerprint density at radius 1 is 1.43 bits per heavy atom. The number of alkyl halides is 3. The first kappa shape index (κ1) is 17.5. The lowest BCUT2D eigenvalue weighted by molar-refractivity contribution is -0.0327. The van der Waals surface area contributed by atoms with Crippen molar-refractivity contribution in [1.82, 2.24) is 5.32 Å². The van der Waals surface area contributed by atoms with Crippen LogP contribution in [0, 0.1) is 11.8 Å². The number of aliphatic hydroxyl groups is 1. The number of amides is 1. The first-order valence-electron chi connectivity index (χ1n) is 5.91. The molecule has 0 bridgehead atoms. The Morgan fingerprint density at radius 2 is 2.10 bits per heavy atom. The van der Waals surface area contributed by atoms with Gasteiger partial charge in [-0.15, -0.1) is 0 Å². The van der Waals surface area contributed by atoms with Crippen molar-refractivity contribution in [3.63, 3.8) is 0 Å². The number of thioether (sulfide) groups is 1. The highest BCUT2D eigenvalue weighted by Crippen LogP contribution is 2.29. The lowest BCUT2D eigenvalue weighted by atomic mass is 10.1. The fraction of sp³-hybridized carbons (Fsp3) is 0.462. The number of furan rings is 1. The summed E-state index contributed by atoms with van der Waals surface area (Å²) in [6, 6.07) is 2.80. The van der Waals surface area contributed by atoms with Crippen LogP contribution in [0.2, 0.25) is 0 Å². The monoisotopic (exact) mass is 321 g/mol. The summed E-state index contributed by atoms with van der Waals surface area (Å²) in [5.74, 6) is 4.30. The van der Waals surface area contributed by atoms with Gasteiger partial charge in [-0.1, -0.05) is 5.92 Å². The van der Waals surface area contributed by atoms with Crippen molar-refractivity contribution in [3.8, 4) is 11.8 Å². The van der Waals surface area contributed by atoms with E-state index >= 15 is 0 Å². The van der Waals surface area contributed by atoms with E-state index in [9.17, 15) is 23.1 Å². The second-order valence-electron chi connectivity index (χ2n) is 4.52. The third-order valence-electron chi connectivity index (χ3n) is 1.97. The number of carbonyl (C=O) groups excluding carboxylic acids is 1. The third kappa shape index (κ3) is 7.68. The number of halogens is 3. The van der Waals surface area contributed by atoms with Gasteiger partial charge < -0.3 is 14.8 Å². The van der Waals surface area contributed by atoms with Gasteiger partial charge in [-0.25, -0.2) is 0 Å². The number of nitrogens with one attached hydrogen (secondary N) is 1. The van der Waals surface area contributed by atoms with Crippen molar-refractivity contribution in [2.75, 3.05) is 12.3 Å². The van der Waals surface area contributed by atoms with Crippen molar-refractivity contribution in [1.29, 1.82) is 0 Å². The van der Waals surface area contributed by atoms with Gasteiger partial charge >= 0.3 is 5.51 Å². The molecule has 0 aliphatic rings. The van der Waals surface area contributed by atoms with Gasteiger partial charge in [0.2, 0.25) is 0 Å². The SMILES string of the molecule is CC(C)(O)C#Cc1ccc(C(=O)NCCSC(F)(F)F)o1. The van der Waals surface area contributed by atoms with Gasteiger partial charge in [-0.05, 0) is 43.7 Å². The Bertz CT molecular complexity index is 549. The van der Waals surface area contributed by atoms with Crippen LogP contribution in [0.1, 0.15) is 30.2 Å². The fourth-order valence-electron chi connectivity index (χ4n) is 1.16. The molecule has 0 radical (unpaired) electrons. The predicted molar refractivity (Wildman–Crippen MR) is 72.7 cm³/mol. The van der Waals surface area contributed by atoms with Crippen molar-refractivity contribution in [2.24, 2.45) is 0 Å². The molecular weight excluding hydrogens is 307 g/mol. The first-order chi connectivity index (χ1) is 9.57. The molecule has 1 heterocycles. The Labute approximate surface area is 124 Å². The maximum atomic E-state index is 11.9. The maximum Gasteiger partial charge on any atom is 0.441 e. The Morgan fingerprint density at radius 3 is 2.67 bits per heavy atom. The largest absolute Gasteiger partial charge is 0.443 e. The van der Waals surface area contributed by atoms with Crippen LogP contribution in [0.3, 0.4) is 0 Å². The van der Waals surface area contributed by atoms with E-state index < -0.39 is 17.0 Å². The molecule has 0 aliphatic heterocycles. The Hall–Kier alpha value is -1.59. The minimum absolute atomic E-state index is 0.0490. The normalized spacial score (nSPS) is 11.7. The van der Waals surface area contributed by atoms with Gasteiger partial charge in [-0.3, -0.25) is 4.79 Å². The molecule has 2 N–H and O–H groups in total. The van der Waals surface area contributed by atoms with Crippen LogP contribution in [-0.4, -0.2) is 34.4 Å². The van der Waals surface area contributed by atoms with Crippen LogP contribution >= 0.6 is 11.8 Å².